The first-order valence-corrected chi connectivity index (χ1v) is 11.7. The van der Waals surface area contributed by atoms with Crippen LogP contribution in [-0.2, 0) is 16.0 Å². The van der Waals surface area contributed by atoms with E-state index in [0.29, 0.717) is 16.5 Å². The summed E-state index contributed by atoms with van der Waals surface area (Å²) < 4.78 is 0. The lowest BCUT2D eigenvalue weighted by atomic mass is 10.1. The van der Waals surface area contributed by atoms with E-state index in [1.54, 1.807) is 25.3 Å². The number of nitrogens with one attached hydrogen (secondary N) is 1. The van der Waals surface area contributed by atoms with Gasteiger partial charge in [0.1, 0.15) is 12.0 Å². The number of carbonyl (C=O) groups is 2. The zero-order valence-electron chi connectivity index (χ0n) is 17.1. The maximum Gasteiger partial charge on any atom is 0.270 e. The number of amides is 1. The molecule has 1 unspecified atom stereocenters. The summed E-state index contributed by atoms with van der Waals surface area (Å²) >= 11 is 18.5. The topological polar surface area (TPSA) is 49.4 Å². The van der Waals surface area contributed by atoms with Crippen LogP contribution in [0.3, 0.4) is 0 Å². The van der Waals surface area contributed by atoms with E-state index in [2.05, 4.69) is 5.32 Å². The first-order chi connectivity index (χ1) is 15.4. The fourth-order valence-corrected chi connectivity index (χ4v) is 4.45. The van der Waals surface area contributed by atoms with Gasteiger partial charge in [-0.3, -0.25) is 4.79 Å². The van der Waals surface area contributed by atoms with E-state index in [0.717, 1.165) is 27.2 Å². The fraction of sp³-hybridized carbons (Fsp3) is 0.125. The number of thiocarbonyl (C=S) groups is 1. The summed E-state index contributed by atoms with van der Waals surface area (Å²) in [6, 6.07) is 18.3. The molecule has 0 saturated carbocycles. The summed E-state index contributed by atoms with van der Waals surface area (Å²) in [5.41, 5.74) is 3.46. The van der Waals surface area contributed by atoms with E-state index in [-0.39, 0.29) is 11.6 Å². The van der Waals surface area contributed by atoms with E-state index >= 15 is 0 Å². The largest absolute Gasteiger partial charge is 0.348 e. The van der Waals surface area contributed by atoms with E-state index < -0.39 is 6.04 Å². The van der Waals surface area contributed by atoms with Crippen molar-refractivity contribution >= 4 is 70.5 Å². The molecule has 1 heterocycles. The lowest BCUT2D eigenvalue weighted by molar-refractivity contribution is -0.131. The third kappa shape index (κ3) is 6.04. The molecule has 0 fully saturated rings. The van der Waals surface area contributed by atoms with Crippen LogP contribution in [0.1, 0.15) is 10.4 Å². The number of nitrogens with zero attached hydrogens (tertiary/aromatic N) is 1. The summed E-state index contributed by atoms with van der Waals surface area (Å²) in [6.07, 6.45) is 2.93. The average Bonchev–Trinajstić information content (AvgIpc) is 3.27. The van der Waals surface area contributed by atoms with Crippen LogP contribution in [0.15, 0.2) is 66.4 Å². The van der Waals surface area contributed by atoms with Crippen LogP contribution >= 0.6 is 46.8 Å². The van der Waals surface area contributed by atoms with Crippen LogP contribution in [0.2, 0.25) is 10.0 Å². The predicted molar refractivity (Wildman–Crippen MR) is 137 cm³/mol. The summed E-state index contributed by atoms with van der Waals surface area (Å²) in [7, 11) is 1.61. The second kappa shape index (κ2) is 11.4. The molecule has 1 N–H and O–H groups in total. The normalized spacial score (nSPS) is 12.2. The molecule has 1 atom stereocenters. The van der Waals surface area contributed by atoms with Gasteiger partial charge in [-0.2, -0.15) is 0 Å². The molecule has 3 aromatic rings. The minimum atomic E-state index is -0.602. The van der Waals surface area contributed by atoms with Crippen LogP contribution < -0.4 is 5.32 Å². The Labute approximate surface area is 206 Å². The van der Waals surface area contributed by atoms with E-state index in [1.807, 2.05) is 48.5 Å². The molecule has 32 heavy (non-hydrogen) atoms. The molecule has 0 spiro atoms. The summed E-state index contributed by atoms with van der Waals surface area (Å²) in [4.78, 5) is 28.1. The highest BCUT2D eigenvalue weighted by Crippen LogP contribution is 2.33. The van der Waals surface area contributed by atoms with Gasteiger partial charge in [0.05, 0.1) is 21.6 Å². The van der Waals surface area contributed by atoms with Crippen LogP contribution in [0.25, 0.3) is 16.5 Å². The van der Waals surface area contributed by atoms with Crippen LogP contribution in [0.5, 0.6) is 0 Å². The van der Waals surface area contributed by atoms with Gasteiger partial charge in [0.25, 0.3) is 5.91 Å². The van der Waals surface area contributed by atoms with Gasteiger partial charge in [0, 0.05) is 16.8 Å². The molecule has 0 saturated heterocycles. The molecule has 1 aromatic heterocycles. The lowest BCUT2D eigenvalue weighted by Crippen LogP contribution is -2.42. The second-order valence-electron chi connectivity index (χ2n) is 6.96. The number of benzene rings is 2. The Balaban J connectivity index is 1.82. The quantitative estimate of drug-likeness (QED) is 0.225. The third-order valence-electron chi connectivity index (χ3n) is 4.82. The van der Waals surface area contributed by atoms with Crippen molar-refractivity contribution in [1.82, 2.24) is 10.2 Å². The molecule has 2 aromatic carbocycles. The van der Waals surface area contributed by atoms with Gasteiger partial charge in [-0.25, -0.2) is 0 Å². The Morgan fingerprint density at radius 3 is 2.53 bits per heavy atom. The lowest BCUT2D eigenvalue weighted by Gasteiger charge is -2.25. The standard InChI is InChI=1S/C24H20Cl2N2O2S2/c1-28(18(14-29)11-16-5-3-2-4-6-16)24(30)22(27-15-31)13-19-8-10-23(32-19)17-7-9-20(25)21(26)12-17/h2-10,12-15,18H,11H2,1H3,(H,27,31)/b22-13+. The van der Waals surface area contributed by atoms with Crippen molar-refractivity contribution in [1.29, 1.82) is 0 Å². The van der Waals surface area contributed by atoms with Crippen LogP contribution in [0.4, 0.5) is 0 Å². The molecule has 0 aliphatic carbocycles. The minimum Gasteiger partial charge on any atom is -0.348 e. The molecular weight excluding hydrogens is 483 g/mol. The average molecular weight is 503 g/mol. The molecule has 1 amide bonds. The van der Waals surface area contributed by atoms with Crippen molar-refractivity contribution < 1.29 is 9.59 Å². The highest BCUT2D eigenvalue weighted by atomic mass is 35.5. The molecule has 0 aliphatic rings. The molecular formula is C24H20Cl2N2O2S2. The van der Waals surface area contributed by atoms with Gasteiger partial charge >= 0.3 is 0 Å². The smallest absolute Gasteiger partial charge is 0.270 e. The highest BCUT2D eigenvalue weighted by molar-refractivity contribution is 7.78. The number of likely N-dealkylation sites (N-methyl/N-ethyl adjacent to an activating group) is 1. The van der Waals surface area contributed by atoms with Gasteiger partial charge in [-0.15, -0.1) is 11.3 Å². The third-order valence-corrected chi connectivity index (χ3v) is 6.76. The van der Waals surface area contributed by atoms with Crippen molar-refractivity contribution in [2.24, 2.45) is 0 Å². The number of carbonyl (C=O) groups excluding carboxylic acids is 2. The number of hydrogen-bond donors (Lipinski definition) is 1. The van der Waals surface area contributed by atoms with E-state index in [9.17, 15) is 9.59 Å². The molecule has 8 heteroatoms. The maximum absolute atomic E-state index is 13.1. The monoisotopic (exact) mass is 502 g/mol. The second-order valence-corrected chi connectivity index (χ2v) is 9.13. The van der Waals surface area contributed by atoms with Crippen molar-refractivity contribution in [2.75, 3.05) is 7.05 Å². The zero-order chi connectivity index (χ0) is 23.1. The predicted octanol–water partition coefficient (Wildman–Crippen LogP) is 5.88. The first-order valence-electron chi connectivity index (χ1n) is 9.66. The summed E-state index contributed by atoms with van der Waals surface area (Å²) in [5, 5.41) is 3.81. The Morgan fingerprint density at radius 1 is 1.12 bits per heavy atom. The first kappa shape index (κ1) is 24.1. The Bertz CT molecular complexity index is 1150. The van der Waals surface area contributed by atoms with Crippen molar-refractivity contribution in [3.8, 4) is 10.4 Å². The molecule has 0 radical (unpaired) electrons. The maximum atomic E-state index is 13.1. The molecule has 4 nitrogen and oxygen atoms in total. The molecule has 0 bridgehead atoms. The van der Waals surface area contributed by atoms with Crippen molar-refractivity contribution in [2.45, 2.75) is 12.5 Å². The fourth-order valence-electron chi connectivity index (χ4n) is 3.08. The Morgan fingerprint density at radius 2 is 1.88 bits per heavy atom. The minimum absolute atomic E-state index is 0.282. The Kier molecular flexibility index (Phi) is 8.59. The summed E-state index contributed by atoms with van der Waals surface area (Å²) in [6.45, 7) is 0. The number of hydrogen-bond acceptors (Lipinski definition) is 4. The van der Waals surface area contributed by atoms with E-state index in [1.165, 1.54) is 21.7 Å². The molecule has 3 rings (SSSR count). The summed E-state index contributed by atoms with van der Waals surface area (Å²) in [5.74, 6) is -0.330. The number of rotatable bonds is 9. The number of aldehydes is 1. The van der Waals surface area contributed by atoms with Gasteiger partial charge in [0.15, 0.2) is 0 Å². The van der Waals surface area contributed by atoms with Gasteiger partial charge in [-0.1, -0.05) is 71.8 Å². The van der Waals surface area contributed by atoms with Crippen molar-refractivity contribution in [3.63, 3.8) is 0 Å². The highest BCUT2D eigenvalue weighted by Gasteiger charge is 2.23. The Hall–Kier alpha value is -2.51. The SMILES string of the molecule is CN(C(=O)/C(=C\c1ccc(-c2ccc(Cl)c(Cl)c2)s1)NC=S)C(C=O)Cc1ccccc1. The van der Waals surface area contributed by atoms with Crippen LogP contribution in [0, 0.1) is 0 Å². The molecule has 0 aliphatic heterocycles. The van der Waals surface area contributed by atoms with E-state index in [4.69, 9.17) is 35.4 Å². The van der Waals surface area contributed by atoms with Crippen molar-refractivity contribution in [3.05, 3.63) is 86.8 Å². The number of thiophene rings is 1. The zero-order valence-corrected chi connectivity index (χ0v) is 20.3. The molecule has 164 valence electrons. The van der Waals surface area contributed by atoms with Gasteiger partial charge < -0.3 is 15.0 Å². The number of halogens is 2. The van der Waals surface area contributed by atoms with Crippen LogP contribution in [-0.4, -0.2) is 35.7 Å². The van der Waals surface area contributed by atoms with Gasteiger partial charge in [0.2, 0.25) is 0 Å². The van der Waals surface area contributed by atoms with Gasteiger partial charge in [-0.05, 0) is 47.9 Å².